The molecule has 0 saturated carbocycles. The summed E-state index contributed by atoms with van der Waals surface area (Å²) in [7, 11) is 0. The van der Waals surface area contributed by atoms with Crippen LogP contribution in [0.25, 0.3) is 0 Å². The number of halogens is 1. The van der Waals surface area contributed by atoms with Crippen molar-refractivity contribution in [2.45, 2.75) is 39.3 Å². The standard InChI is InChI=1S/C13H21FN2O4/c1-12(2,3)10(18)15-6-4-9(17)16-7-5-13(14,8-16)11(19)20/h4-8H2,1-3H3,(H,15,18)(H,19,20). The zero-order chi connectivity index (χ0) is 15.6. The number of nitrogens with one attached hydrogen (secondary N) is 1. The van der Waals surface area contributed by atoms with E-state index in [1.54, 1.807) is 20.8 Å². The summed E-state index contributed by atoms with van der Waals surface area (Å²) in [5.41, 5.74) is -2.88. The third-order valence-electron chi connectivity index (χ3n) is 3.26. The number of hydrogen-bond acceptors (Lipinski definition) is 3. The van der Waals surface area contributed by atoms with Crippen LogP contribution in [0.5, 0.6) is 0 Å². The molecule has 0 radical (unpaired) electrons. The second-order valence-electron chi connectivity index (χ2n) is 6.09. The predicted molar refractivity (Wildman–Crippen MR) is 69.8 cm³/mol. The molecule has 6 nitrogen and oxygen atoms in total. The van der Waals surface area contributed by atoms with Crippen molar-refractivity contribution in [3.05, 3.63) is 0 Å². The fourth-order valence-corrected chi connectivity index (χ4v) is 1.87. The Morgan fingerprint density at radius 2 is 1.95 bits per heavy atom. The molecule has 1 aliphatic rings. The summed E-state index contributed by atoms with van der Waals surface area (Å²) in [6, 6.07) is 0. The average Bonchev–Trinajstić information content (AvgIpc) is 2.72. The van der Waals surface area contributed by atoms with Gasteiger partial charge in [0.05, 0.1) is 6.54 Å². The van der Waals surface area contributed by atoms with Gasteiger partial charge in [-0.2, -0.15) is 0 Å². The van der Waals surface area contributed by atoms with Crippen LogP contribution in [0.15, 0.2) is 0 Å². The fraction of sp³-hybridized carbons (Fsp3) is 0.769. The monoisotopic (exact) mass is 288 g/mol. The van der Waals surface area contributed by atoms with E-state index in [-0.39, 0.29) is 37.7 Å². The second kappa shape index (κ2) is 5.76. The number of carboxylic acid groups (broad SMARTS) is 1. The average molecular weight is 288 g/mol. The van der Waals surface area contributed by atoms with Gasteiger partial charge in [0.1, 0.15) is 0 Å². The van der Waals surface area contributed by atoms with E-state index >= 15 is 0 Å². The molecule has 0 aromatic carbocycles. The number of hydrogen-bond donors (Lipinski definition) is 2. The molecule has 2 amide bonds. The van der Waals surface area contributed by atoms with Crippen LogP contribution in [0.3, 0.4) is 0 Å². The number of rotatable bonds is 4. The van der Waals surface area contributed by atoms with Gasteiger partial charge in [0.15, 0.2) is 0 Å². The number of alkyl halides is 1. The van der Waals surface area contributed by atoms with E-state index in [0.717, 1.165) is 0 Å². The molecule has 0 spiro atoms. The Labute approximate surface area is 117 Å². The first-order valence-corrected chi connectivity index (χ1v) is 6.55. The Bertz CT molecular complexity index is 419. The summed E-state index contributed by atoms with van der Waals surface area (Å²) >= 11 is 0. The molecule has 0 bridgehead atoms. The number of aliphatic carboxylic acids is 1. The molecule has 2 N–H and O–H groups in total. The van der Waals surface area contributed by atoms with Crippen molar-refractivity contribution in [1.82, 2.24) is 10.2 Å². The molecule has 0 aliphatic carbocycles. The maximum atomic E-state index is 13.8. The SMILES string of the molecule is CC(C)(C)C(=O)NCCC(=O)N1CCC(F)(C(=O)O)C1. The maximum absolute atomic E-state index is 13.8. The molecule has 1 atom stereocenters. The van der Waals surface area contributed by atoms with E-state index in [1.165, 1.54) is 4.90 Å². The minimum absolute atomic E-state index is 0.0392. The lowest BCUT2D eigenvalue weighted by Gasteiger charge is -2.20. The van der Waals surface area contributed by atoms with Crippen molar-refractivity contribution in [2.24, 2.45) is 5.41 Å². The molecule has 1 saturated heterocycles. The Hall–Kier alpha value is -1.66. The minimum Gasteiger partial charge on any atom is -0.479 e. The van der Waals surface area contributed by atoms with Crippen molar-refractivity contribution in [3.8, 4) is 0 Å². The van der Waals surface area contributed by atoms with Gasteiger partial charge in [0, 0.05) is 31.3 Å². The van der Waals surface area contributed by atoms with Gasteiger partial charge in [0.2, 0.25) is 17.5 Å². The van der Waals surface area contributed by atoms with E-state index < -0.39 is 23.6 Å². The number of carboxylic acids is 1. The number of likely N-dealkylation sites (tertiary alicyclic amines) is 1. The molecule has 0 aromatic rings. The predicted octanol–water partition coefficient (Wildman–Crippen LogP) is 0.564. The zero-order valence-electron chi connectivity index (χ0n) is 12.0. The summed E-state index contributed by atoms with van der Waals surface area (Å²) < 4.78 is 13.8. The van der Waals surface area contributed by atoms with Crippen molar-refractivity contribution in [2.75, 3.05) is 19.6 Å². The van der Waals surface area contributed by atoms with Crippen LogP contribution in [-0.2, 0) is 14.4 Å². The quantitative estimate of drug-likeness (QED) is 0.791. The molecule has 1 unspecified atom stereocenters. The summed E-state index contributed by atoms with van der Waals surface area (Å²) in [6.07, 6.45) is -0.153. The normalized spacial score (nSPS) is 22.7. The van der Waals surface area contributed by atoms with E-state index in [9.17, 15) is 18.8 Å². The molecule has 7 heteroatoms. The van der Waals surface area contributed by atoms with Gasteiger partial charge >= 0.3 is 5.97 Å². The Morgan fingerprint density at radius 3 is 2.40 bits per heavy atom. The Balaban J connectivity index is 2.39. The molecule has 1 rings (SSSR count). The summed E-state index contributed by atoms with van der Waals surface area (Å²) in [5.74, 6) is -2.05. The lowest BCUT2D eigenvalue weighted by atomic mass is 9.96. The first kappa shape index (κ1) is 16.4. The number of nitrogens with zero attached hydrogens (tertiary/aromatic N) is 1. The lowest BCUT2D eigenvalue weighted by molar-refractivity contribution is -0.150. The molecule has 0 aromatic heterocycles. The van der Waals surface area contributed by atoms with Crippen LogP contribution < -0.4 is 5.32 Å². The van der Waals surface area contributed by atoms with Gasteiger partial charge in [-0.3, -0.25) is 9.59 Å². The number of carbonyl (C=O) groups is 3. The highest BCUT2D eigenvalue weighted by atomic mass is 19.1. The van der Waals surface area contributed by atoms with Gasteiger partial charge in [-0.25, -0.2) is 9.18 Å². The molecule has 1 aliphatic heterocycles. The highest BCUT2D eigenvalue weighted by molar-refractivity contribution is 5.84. The highest BCUT2D eigenvalue weighted by Gasteiger charge is 2.46. The zero-order valence-corrected chi connectivity index (χ0v) is 12.0. The van der Waals surface area contributed by atoms with Gasteiger partial charge in [-0.15, -0.1) is 0 Å². The Kier molecular flexibility index (Phi) is 4.73. The third kappa shape index (κ3) is 3.91. The Morgan fingerprint density at radius 1 is 1.35 bits per heavy atom. The molecule has 1 fully saturated rings. The largest absolute Gasteiger partial charge is 0.479 e. The smallest absolute Gasteiger partial charge is 0.343 e. The van der Waals surface area contributed by atoms with E-state index in [2.05, 4.69) is 5.32 Å². The van der Waals surface area contributed by atoms with Crippen molar-refractivity contribution < 1.29 is 23.9 Å². The molecule has 1 heterocycles. The van der Waals surface area contributed by atoms with Crippen molar-refractivity contribution in [1.29, 1.82) is 0 Å². The number of carbonyl (C=O) groups excluding carboxylic acids is 2. The van der Waals surface area contributed by atoms with Crippen LogP contribution in [0, 0.1) is 5.41 Å². The lowest BCUT2D eigenvalue weighted by Crippen LogP contribution is -2.40. The summed E-state index contributed by atoms with van der Waals surface area (Å²) in [5, 5.41) is 11.4. The van der Waals surface area contributed by atoms with Gasteiger partial charge in [0.25, 0.3) is 0 Å². The van der Waals surface area contributed by atoms with Crippen LogP contribution >= 0.6 is 0 Å². The topological polar surface area (TPSA) is 86.7 Å². The number of amides is 2. The molecular formula is C13H21FN2O4. The van der Waals surface area contributed by atoms with Gasteiger partial charge in [-0.05, 0) is 0 Å². The van der Waals surface area contributed by atoms with Crippen molar-refractivity contribution in [3.63, 3.8) is 0 Å². The van der Waals surface area contributed by atoms with E-state index in [4.69, 9.17) is 5.11 Å². The van der Waals surface area contributed by atoms with Gasteiger partial charge < -0.3 is 15.3 Å². The maximum Gasteiger partial charge on any atom is 0.343 e. The highest BCUT2D eigenvalue weighted by Crippen LogP contribution is 2.26. The first-order chi connectivity index (χ1) is 9.06. The summed E-state index contributed by atoms with van der Waals surface area (Å²) in [6.45, 7) is 5.11. The van der Waals surface area contributed by atoms with E-state index in [0.29, 0.717) is 0 Å². The van der Waals surface area contributed by atoms with Gasteiger partial charge in [-0.1, -0.05) is 20.8 Å². The third-order valence-corrected chi connectivity index (χ3v) is 3.26. The molecule has 20 heavy (non-hydrogen) atoms. The fourth-order valence-electron chi connectivity index (χ4n) is 1.87. The molecule has 114 valence electrons. The van der Waals surface area contributed by atoms with E-state index in [1.807, 2.05) is 0 Å². The first-order valence-electron chi connectivity index (χ1n) is 6.55. The van der Waals surface area contributed by atoms with Crippen LogP contribution in [-0.4, -0.2) is 53.1 Å². The van der Waals surface area contributed by atoms with Crippen LogP contribution in [0.4, 0.5) is 4.39 Å². The van der Waals surface area contributed by atoms with Crippen LogP contribution in [0.1, 0.15) is 33.6 Å². The van der Waals surface area contributed by atoms with Crippen LogP contribution in [0.2, 0.25) is 0 Å². The summed E-state index contributed by atoms with van der Waals surface area (Å²) in [4.78, 5) is 35.3. The minimum atomic E-state index is -2.34. The van der Waals surface area contributed by atoms with Crippen molar-refractivity contribution >= 4 is 17.8 Å². The molecular weight excluding hydrogens is 267 g/mol. The second-order valence-corrected chi connectivity index (χ2v) is 6.09.